The van der Waals surface area contributed by atoms with Gasteiger partial charge in [0.15, 0.2) is 0 Å². The topological polar surface area (TPSA) is 35.6 Å². The minimum atomic E-state index is 0.00764. The predicted octanol–water partition coefficient (Wildman–Crippen LogP) is 1.17. The molecule has 106 valence electrons. The molecule has 0 saturated carbocycles. The third-order valence-electron chi connectivity index (χ3n) is 3.52. The van der Waals surface area contributed by atoms with Gasteiger partial charge >= 0.3 is 0 Å². The van der Waals surface area contributed by atoms with E-state index in [4.69, 9.17) is 0 Å². The Morgan fingerprint density at radius 1 is 1.17 bits per heavy atom. The largest absolute Gasteiger partial charge is 0.339 e. The molecule has 4 heteroatoms. The van der Waals surface area contributed by atoms with Crippen molar-refractivity contribution in [2.75, 3.05) is 32.7 Å². The summed E-state index contributed by atoms with van der Waals surface area (Å²) in [6.45, 7) is 15.4. The van der Waals surface area contributed by atoms with Crippen LogP contribution in [0.5, 0.6) is 0 Å². The van der Waals surface area contributed by atoms with Crippen molar-refractivity contribution in [3.63, 3.8) is 0 Å². The Morgan fingerprint density at radius 2 is 1.72 bits per heavy atom. The summed E-state index contributed by atoms with van der Waals surface area (Å²) in [5.41, 5.74) is 0. The highest BCUT2D eigenvalue weighted by Gasteiger charge is 2.28. The lowest BCUT2D eigenvalue weighted by Gasteiger charge is -2.37. The molecule has 1 fully saturated rings. The molecule has 1 aliphatic rings. The molecule has 1 amide bonds. The van der Waals surface area contributed by atoms with E-state index in [-0.39, 0.29) is 18.0 Å². The van der Waals surface area contributed by atoms with Crippen LogP contribution in [0.25, 0.3) is 0 Å². The first kappa shape index (κ1) is 15.4. The SMILES string of the molecule is CC(C)CN(C(=O)C(C)N1CCNCC1)C(C)C. The molecule has 1 N–H and O–H groups in total. The van der Waals surface area contributed by atoms with E-state index in [1.54, 1.807) is 0 Å². The minimum absolute atomic E-state index is 0.00764. The molecular formula is C14H29N3O. The third kappa shape index (κ3) is 4.25. The van der Waals surface area contributed by atoms with Crippen LogP contribution in [0.1, 0.15) is 34.6 Å². The Hall–Kier alpha value is -0.610. The van der Waals surface area contributed by atoms with Crippen LogP contribution in [0.2, 0.25) is 0 Å². The van der Waals surface area contributed by atoms with Crippen molar-refractivity contribution in [3.8, 4) is 0 Å². The van der Waals surface area contributed by atoms with Crippen LogP contribution < -0.4 is 5.32 Å². The van der Waals surface area contributed by atoms with Crippen LogP contribution in [0.4, 0.5) is 0 Å². The van der Waals surface area contributed by atoms with Gasteiger partial charge in [-0.3, -0.25) is 9.69 Å². The first-order chi connectivity index (χ1) is 8.43. The van der Waals surface area contributed by atoms with E-state index in [0.717, 1.165) is 32.7 Å². The lowest BCUT2D eigenvalue weighted by molar-refractivity contribution is -0.139. The van der Waals surface area contributed by atoms with Gasteiger partial charge < -0.3 is 10.2 Å². The van der Waals surface area contributed by atoms with E-state index in [1.165, 1.54) is 0 Å². The van der Waals surface area contributed by atoms with Crippen molar-refractivity contribution in [3.05, 3.63) is 0 Å². The number of nitrogens with one attached hydrogen (secondary N) is 1. The second-order valence-corrected chi connectivity index (χ2v) is 5.94. The number of hydrogen-bond acceptors (Lipinski definition) is 3. The summed E-state index contributed by atoms with van der Waals surface area (Å²) in [6, 6.07) is 0.290. The first-order valence-electron chi connectivity index (χ1n) is 7.18. The summed E-state index contributed by atoms with van der Waals surface area (Å²) in [4.78, 5) is 16.9. The maximum atomic E-state index is 12.6. The molecule has 1 aliphatic heterocycles. The molecule has 1 heterocycles. The molecule has 0 aromatic carbocycles. The molecule has 0 radical (unpaired) electrons. The number of rotatable bonds is 5. The molecule has 0 aromatic rings. The van der Waals surface area contributed by atoms with Crippen LogP contribution in [-0.2, 0) is 4.79 Å². The van der Waals surface area contributed by atoms with E-state index in [2.05, 4.69) is 37.9 Å². The number of nitrogens with zero attached hydrogens (tertiary/aromatic N) is 2. The molecule has 1 atom stereocenters. The summed E-state index contributed by atoms with van der Waals surface area (Å²) >= 11 is 0. The van der Waals surface area contributed by atoms with Gasteiger partial charge in [-0.25, -0.2) is 0 Å². The van der Waals surface area contributed by atoms with Gasteiger partial charge in [0.25, 0.3) is 0 Å². The first-order valence-corrected chi connectivity index (χ1v) is 7.18. The van der Waals surface area contributed by atoms with Crippen LogP contribution in [0.15, 0.2) is 0 Å². The van der Waals surface area contributed by atoms with Gasteiger partial charge in [0.05, 0.1) is 6.04 Å². The van der Waals surface area contributed by atoms with Crippen LogP contribution in [-0.4, -0.2) is 60.5 Å². The zero-order valence-corrected chi connectivity index (χ0v) is 12.6. The molecule has 1 unspecified atom stereocenters. The van der Waals surface area contributed by atoms with Crippen molar-refractivity contribution in [1.29, 1.82) is 0 Å². The van der Waals surface area contributed by atoms with E-state index >= 15 is 0 Å². The van der Waals surface area contributed by atoms with Gasteiger partial charge in [-0.05, 0) is 26.7 Å². The van der Waals surface area contributed by atoms with Gasteiger partial charge in [0, 0.05) is 38.8 Å². The minimum Gasteiger partial charge on any atom is -0.339 e. The van der Waals surface area contributed by atoms with E-state index in [0.29, 0.717) is 5.92 Å². The van der Waals surface area contributed by atoms with E-state index in [9.17, 15) is 4.79 Å². The van der Waals surface area contributed by atoms with Gasteiger partial charge in [-0.2, -0.15) is 0 Å². The quantitative estimate of drug-likeness (QED) is 0.801. The van der Waals surface area contributed by atoms with Gasteiger partial charge in [0.1, 0.15) is 0 Å². The summed E-state index contributed by atoms with van der Waals surface area (Å²) in [7, 11) is 0. The van der Waals surface area contributed by atoms with Crippen molar-refractivity contribution in [2.45, 2.75) is 46.7 Å². The molecule has 1 rings (SSSR count). The molecule has 4 nitrogen and oxygen atoms in total. The fourth-order valence-electron chi connectivity index (χ4n) is 2.41. The second kappa shape index (κ2) is 7.10. The summed E-state index contributed by atoms with van der Waals surface area (Å²) < 4.78 is 0. The highest BCUT2D eigenvalue weighted by atomic mass is 16.2. The van der Waals surface area contributed by atoms with Crippen molar-refractivity contribution < 1.29 is 4.79 Å². The van der Waals surface area contributed by atoms with Crippen molar-refractivity contribution in [2.24, 2.45) is 5.92 Å². The zero-order valence-electron chi connectivity index (χ0n) is 12.6. The number of piperazine rings is 1. The molecule has 0 spiro atoms. The maximum Gasteiger partial charge on any atom is 0.239 e. The monoisotopic (exact) mass is 255 g/mol. The normalized spacial score (nSPS) is 19.3. The molecular weight excluding hydrogens is 226 g/mol. The Balaban J connectivity index is 2.63. The number of carbonyl (C=O) groups excluding carboxylic acids is 1. The second-order valence-electron chi connectivity index (χ2n) is 5.94. The zero-order chi connectivity index (χ0) is 13.7. The molecule has 0 aliphatic carbocycles. The molecule has 1 saturated heterocycles. The lowest BCUT2D eigenvalue weighted by atomic mass is 10.1. The number of carbonyl (C=O) groups is 1. The molecule has 0 aromatic heterocycles. The Bertz CT molecular complexity index is 260. The van der Waals surface area contributed by atoms with Crippen LogP contribution in [0.3, 0.4) is 0 Å². The van der Waals surface area contributed by atoms with Crippen molar-refractivity contribution >= 4 is 5.91 Å². The highest BCUT2D eigenvalue weighted by molar-refractivity contribution is 5.81. The molecule has 18 heavy (non-hydrogen) atoms. The summed E-state index contributed by atoms with van der Waals surface area (Å²) in [5, 5.41) is 3.33. The molecule has 0 bridgehead atoms. The lowest BCUT2D eigenvalue weighted by Crippen LogP contribution is -2.55. The fraction of sp³-hybridized carbons (Fsp3) is 0.929. The number of amides is 1. The van der Waals surface area contributed by atoms with Gasteiger partial charge in [0.2, 0.25) is 5.91 Å². The highest BCUT2D eigenvalue weighted by Crippen LogP contribution is 2.11. The summed E-state index contributed by atoms with van der Waals surface area (Å²) in [5.74, 6) is 0.798. The maximum absolute atomic E-state index is 12.6. The average molecular weight is 255 g/mol. The van der Waals surface area contributed by atoms with Crippen molar-refractivity contribution in [1.82, 2.24) is 15.1 Å². The third-order valence-corrected chi connectivity index (χ3v) is 3.52. The van der Waals surface area contributed by atoms with Crippen LogP contribution in [0, 0.1) is 5.92 Å². The average Bonchev–Trinajstić information content (AvgIpc) is 2.34. The van der Waals surface area contributed by atoms with Crippen LogP contribution >= 0.6 is 0 Å². The number of hydrogen-bond donors (Lipinski definition) is 1. The van der Waals surface area contributed by atoms with E-state index in [1.807, 2.05) is 11.8 Å². The summed E-state index contributed by atoms with van der Waals surface area (Å²) in [6.07, 6.45) is 0. The van der Waals surface area contributed by atoms with E-state index < -0.39 is 0 Å². The van der Waals surface area contributed by atoms with Gasteiger partial charge in [-0.1, -0.05) is 13.8 Å². The standard InChI is InChI=1S/C14H29N3O/c1-11(2)10-17(12(3)4)14(18)13(5)16-8-6-15-7-9-16/h11-13,15H,6-10H2,1-5H3. The Labute approximate surface area is 112 Å². The smallest absolute Gasteiger partial charge is 0.239 e. The fourth-order valence-corrected chi connectivity index (χ4v) is 2.41. The Kier molecular flexibility index (Phi) is 6.09. The Morgan fingerprint density at radius 3 is 2.17 bits per heavy atom. The van der Waals surface area contributed by atoms with Gasteiger partial charge in [-0.15, -0.1) is 0 Å². The predicted molar refractivity (Wildman–Crippen MR) is 75.6 cm³/mol.